The second-order valence-corrected chi connectivity index (χ2v) is 6.69. The zero-order valence-corrected chi connectivity index (χ0v) is 15.8. The van der Waals surface area contributed by atoms with E-state index in [1.165, 1.54) is 0 Å². The van der Waals surface area contributed by atoms with Crippen LogP contribution in [0.25, 0.3) is 16.6 Å². The van der Waals surface area contributed by atoms with Gasteiger partial charge in [0.05, 0.1) is 17.8 Å². The third-order valence-corrected chi connectivity index (χ3v) is 4.81. The van der Waals surface area contributed by atoms with Crippen LogP contribution < -0.4 is 5.32 Å². The highest BCUT2D eigenvalue weighted by molar-refractivity contribution is 6.01. The highest BCUT2D eigenvalue weighted by Crippen LogP contribution is 2.25. The highest BCUT2D eigenvalue weighted by atomic mass is 16.5. The number of carbonyl (C=O) groups excluding carboxylic acids is 1. The zero-order valence-electron chi connectivity index (χ0n) is 15.8. The number of fused-ring (bicyclic) bond motifs is 2. The molecule has 0 aliphatic heterocycles. The molecule has 0 saturated heterocycles. The molecule has 0 bridgehead atoms. The molecule has 0 aliphatic rings. The summed E-state index contributed by atoms with van der Waals surface area (Å²) in [6.07, 6.45) is 5.82. The summed E-state index contributed by atoms with van der Waals surface area (Å²) in [5, 5.41) is 12.4. The number of anilines is 1. The smallest absolute Gasteiger partial charge is 0.224 e. The van der Waals surface area contributed by atoms with Gasteiger partial charge in [-0.05, 0) is 36.8 Å². The van der Waals surface area contributed by atoms with Crippen LogP contribution in [0, 0.1) is 0 Å². The minimum absolute atomic E-state index is 0.00552. The lowest BCUT2D eigenvalue weighted by Crippen LogP contribution is -2.12. The van der Waals surface area contributed by atoms with Gasteiger partial charge in [-0.2, -0.15) is 0 Å². The standard InChI is InChI=1S/C21H23N5O2/c1-28-15-14-25-13-11-16-17(6-4-7-18(16)25)22-21(27)10-5-9-20-24-23-19-8-2-3-12-26(19)20/h2-4,6-8,11-13H,5,9-10,14-15H2,1H3,(H,22,27). The Bertz CT molecular complexity index is 1100. The Hall–Kier alpha value is -3.19. The molecule has 0 atom stereocenters. The first kappa shape index (κ1) is 18.2. The fourth-order valence-corrected chi connectivity index (χ4v) is 3.40. The van der Waals surface area contributed by atoms with Crippen LogP contribution >= 0.6 is 0 Å². The molecule has 1 aromatic carbocycles. The molecule has 0 saturated carbocycles. The van der Waals surface area contributed by atoms with E-state index in [4.69, 9.17) is 4.74 Å². The number of aromatic nitrogens is 4. The van der Waals surface area contributed by atoms with Crippen LogP contribution in [0.1, 0.15) is 18.7 Å². The Balaban J connectivity index is 1.38. The molecule has 3 aromatic heterocycles. The maximum absolute atomic E-state index is 12.4. The van der Waals surface area contributed by atoms with Crippen LogP contribution in [0.4, 0.5) is 5.69 Å². The summed E-state index contributed by atoms with van der Waals surface area (Å²) in [5.74, 6) is 0.881. The van der Waals surface area contributed by atoms with Gasteiger partial charge in [0.2, 0.25) is 5.91 Å². The summed E-state index contributed by atoms with van der Waals surface area (Å²) >= 11 is 0. The van der Waals surface area contributed by atoms with Gasteiger partial charge in [-0.15, -0.1) is 10.2 Å². The Morgan fingerprint density at radius 3 is 2.93 bits per heavy atom. The number of aryl methyl sites for hydroxylation is 1. The number of ether oxygens (including phenoxy) is 1. The van der Waals surface area contributed by atoms with Gasteiger partial charge < -0.3 is 14.6 Å². The van der Waals surface area contributed by atoms with Gasteiger partial charge >= 0.3 is 0 Å². The van der Waals surface area contributed by atoms with Crippen LogP contribution in [0.2, 0.25) is 0 Å². The summed E-state index contributed by atoms with van der Waals surface area (Å²) in [5.41, 5.74) is 2.75. The monoisotopic (exact) mass is 377 g/mol. The van der Waals surface area contributed by atoms with E-state index in [2.05, 4.69) is 26.1 Å². The molecule has 144 valence electrons. The van der Waals surface area contributed by atoms with Crippen molar-refractivity contribution in [2.75, 3.05) is 19.0 Å². The molecule has 0 aliphatic carbocycles. The average molecular weight is 377 g/mol. The van der Waals surface area contributed by atoms with E-state index >= 15 is 0 Å². The zero-order chi connectivity index (χ0) is 19.3. The van der Waals surface area contributed by atoms with Crippen molar-refractivity contribution < 1.29 is 9.53 Å². The summed E-state index contributed by atoms with van der Waals surface area (Å²) in [6, 6.07) is 13.8. The van der Waals surface area contributed by atoms with Gasteiger partial charge in [0.1, 0.15) is 5.82 Å². The third-order valence-electron chi connectivity index (χ3n) is 4.81. The van der Waals surface area contributed by atoms with Crippen molar-refractivity contribution in [3.63, 3.8) is 0 Å². The van der Waals surface area contributed by atoms with E-state index in [-0.39, 0.29) is 5.91 Å². The number of benzene rings is 1. The van der Waals surface area contributed by atoms with Gasteiger partial charge in [0.15, 0.2) is 5.65 Å². The molecule has 0 fully saturated rings. The topological polar surface area (TPSA) is 73.4 Å². The summed E-state index contributed by atoms with van der Waals surface area (Å²) in [6.45, 7) is 1.43. The first-order chi connectivity index (χ1) is 13.8. The number of methoxy groups -OCH3 is 1. The largest absolute Gasteiger partial charge is 0.383 e. The summed E-state index contributed by atoms with van der Waals surface area (Å²) in [4.78, 5) is 12.4. The van der Waals surface area contributed by atoms with Crippen LogP contribution in [0.15, 0.2) is 54.9 Å². The summed E-state index contributed by atoms with van der Waals surface area (Å²) < 4.78 is 9.25. The van der Waals surface area contributed by atoms with Gasteiger partial charge in [0, 0.05) is 44.3 Å². The fraction of sp³-hybridized carbons (Fsp3) is 0.286. The minimum atomic E-state index is 0.00552. The molecule has 4 aromatic rings. The molecule has 3 heterocycles. The second-order valence-electron chi connectivity index (χ2n) is 6.69. The molecule has 4 rings (SSSR count). The average Bonchev–Trinajstić information content (AvgIpc) is 3.31. The number of rotatable bonds is 8. The third kappa shape index (κ3) is 3.75. The van der Waals surface area contributed by atoms with Gasteiger partial charge in [0.25, 0.3) is 0 Å². The van der Waals surface area contributed by atoms with E-state index in [1.54, 1.807) is 7.11 Å². The van der Waals surface area contributed by atoms with Crippen molar-refractivity contribution in [3.8, 4) is 0 Å². The van der Waals surface area contributed by atoms with Crippen LogP contribution in [-0.2, 0) is 22.5 Å². The normalized spacial score (nSPS) is 11.3. The van der Waals surface area contributed by atoms with Crippen molar-refractivity contribution in [2.45, 2.75) is 25.8 Å². The molecule has 1 N–H and O–H groups in total. The van der Waals surface area contributed by atoms with Crippen LogP contribution in [0.5, 0.6) is 0 Å². The number of hydrogen-bond donors (Lipinski definition) is 1. The Kier molecular flexibility index (Phi) is 5.34. The maximum Gasteiger partial charge on any atom is 0.224 e. The number of pyridine rings is 1. The summed E-state index contributed by atoms with van der Waals surface area (Å²) in [7, 11) is 1.69. The molecular weight excluding hydrogens is 354 g/mol. The molecule has 28 heavy (non-hydrogen) atoms. The van der Waals surface area contributed by atoms with E-state index in [0.717, 1.165) is 34.6 Å². The number of carbonyl (C=O) groups is 1. The Morgan fingerprint density at radius 2 is 2.04 bits per heavy atom. The predicted octanol–water partition coefficient (Wildman–Crippen LogP) is 3.29. The van der Waals surface area contributed by atoms with E-state index in [9.17, 15) is 4.79 Å². The molecule has 0 unspecified atom stereocenters. The molecule has 0 radical (unpaired) electrons. The molecular formula is C21H23N5O2. The minimum Gasteiger partial charge on any atom is -0.383 e. The fourth-order valence-electron chi connectivity index (χ4n) is 3.40. The number of nitrogens with one attached hydrogen (secondary N) is 1. The Morgan fingerprint density at radius 1 is 1.11 bits per heavy atom. The van der Waals surface area contributed by atoms with Crippen molar-refractivity contribution in [1.82, 2.24) is 19.2 Å². The van der Waals surface area contributed by atoms with Crippen molar-refractivity contribution >= 4 is 28.1 Å². The lowest BCUT2D eigenvalue weighted by Gasteiger charge is -2.08. The predicted molar refractivity (Wildman–Crippen MR) is 108 cm³/mol. The first-order valence-electron chi connectivity index (χ1n) is 9.41. The van der Waals surface area contributed by atoms with E-state index in [0.29, 0.717) is 25.9 Å². The highest BCUT2D eigenvalue weighted by Gasteiger charge is 2.10. The van der Waals surface area contributed by atoms with Crippen LogP contribution in [-0.4, -0.2) is 38.8 Å². The van der Waals surface area contributed by atoms with Crippen molar-refractivity contribution in [2.24, 2.45) is 0 Å². The van der Waals surface area contributed by atoms with E-state index in [1.807, 2.05) is 53.2 Å². The number of hydrogen-bond acceptors (Lipinski definition) is 4. The number of amides is 1. The van der Waals surface area contributed by atoms with Gasteiger partial charge in [-0.1, -0.05) is 12.1 Å². The van der Waals surface area contributed by atoms with Crippen molar-refractivity contribution in [3.05, 3.63) is 60.7 Å². The van der Waals surface area contributed by atoms with Gasteiger partial charge in [-0.3, -0.25) is 9.20 Å². The molecule has 1 amide bonds. The molecule has 0 spiro atoms. The molecule has 7 nitrogen and oxygen atoms in total. The second kappa shape index (κ2) is 8.22. The van der Waals surface area contributed by atoms with Crippen LogP contribution in [0.3, 0.4) is 0 Å². The lowest BCUT2D eigenvalue weighted by molar-refractivity contribution is -0.116. The van der Waals surface area contributed by atoms with Crippen molar-refractivity contribution in [1.29, 1.82) is 0 Å². The van der Waals surface area contributed by atoms with Gasteiger partial charge in [-0.25, -0.2) is 0 Å². The quantitative estimate of drug-likeness (QED) is 0.511. The molecule has 7 heteroatoms. The maximum atomic E-state index is 12.4. The number of nitrogens with zero attached hydrogens (tertiary/aromatic N) is 4. The Labute approximate surface area is 162 Å². The van der Waals surface area contributed by atoms with E-state index < -0.39 is 0 Å². The first-order valence-corrected chi connectivity index (χ1v) is 9.41. The lowest BCUT2D eigenvalue weighted by atomic mass is 10.2. The SMILES string of the molecule is COCCn1ccc2c(NC(=O)CCCc3nnc4ccccn34)cccc21.